The molecule has 0 aliphatic heterocycles. The lowest BCUT2D eigenvalue weighted by Gasteiger charge is -2.14. The van der Waals surface area contributed by atoms with Crippen LogP contribution < -0.4 is 5.32 Å². The Kier molecular flexibility index (Phi) is 5.18. The molecule has 1 aromatic heterocycles. The number of rotatable bonds is 4. The SMILES string of the molecule is Cc1c(C(=O)O[C@@H](C)C(=O)Nc2ccc(F)c(F)c2F)sc2ccccc12. The normalized spacial score (nSPS) is 12.0. The first-order valence-electron chi connectivity index (χ1n) is 7.93. The first-order chi connectivity index (χ1) is 12.8. The zero-order valence-electron chi connectivity index (χ0n) is 14.3. The van der Waals surface area contributed by atoms with E-state index in [2.05, 4.69) is 5.32 Å². The number of esters is 1. The minimum absolute atomic E-state index is 0.356. The number of hydrogen-bond acceptors (Lipinski definition) is 4. The van der Waals surface area contributed by atoms with Gasteiger partial charge in [0.25, 0.3) is 5.91 Å². The zero-order chi connectivity index (χ0) is 19.7. The van der Waals surface area contributed by atoms with E-state index in [1.807, 2.05) is 24.3 Å². The number of carbonyl (C=O) groups excluding carboxylic acids is 2. The van der Waals surface area contributed by atoms with Crippen LogP contribution in [-0.4, -0.2) is 18.0 Å². The summed E-state index contributed by atoms with van der Waals surface area (Å²) in [5, 5.41) is 2.99. The van der Waals surface area contributed by atoms with Gasteiger partial charge in [0, 0.05) is 4.70 Å². The molecule has 3 aromatic rings. The van der Waals surface area contributed by atoms with Gasteiger partial charge in [0.2, 0.25) is 0 Å². The summed E-state index contributed by atoms with van der Waals surface area (Å²) in [5.74, 6) is -6.15. The Morgan fingerprint density at radius 2 is 1.78 bits per heavy atom. The lowest BCUT2D eigenvalue weighted by atomic mass is 10.1. The topological polar surface area (TPSA) is 55.4 Å². The van der Waals surface area contributed by atoms with Crippen LogP contribution in [-0.2, 0) is 9.53 Å². The fourth-order valence-corrected chi connectivity index (χ4v) is 3.59. The molecule has 0 aliphatic carbocycles. The van der Waals surface area contributed by atoms with E-state index >= 15 is 0 Å². The summed E-state index contributed by atoms with van der Waals surface area (Å²) in [5.41, 5.74) is 0.194. The second kappa shape index (κ2) is 7.40. The van der Waals surface area contributed by atoms with Crippen molar-refractivity contribution in [3.05, 3.63) is 64.3 Å². The van der Waals surface area contributed by atoms with Gasteiger partial charge in [0.15, 0.2) is 23.6 Å². The first-order valence-corrected chi connectivity index (χ1v) is 8.74. The van der Waals surface area contributed by atoms with Gasteiger partial charge >= 0.3 is 5.97 Å². The molecular weight excluding hydrogens is 379 g/mol. The minimum atomic E-state index is -1.70. The number of halogens is 3. The summed E-state index contributed by atoms with van der Waals surface area (Å²) in [4.78, 5) is 24.9. The maximum Gasteiger partial charge on any atom is 0.349 e. The second-order valence-corrected chi connectivity index (χ2v) is 6.86. The summed E-state index contributed by atoms with van der Waals surface area (Å²) in [6.07, 6.45) is -1.27. The van der Waals surface area contributed by atoms with E-state index in [9.17, 15) is 22.8 Å². The van der Waals surface area contributed by atoms with E-state index in [-0.39, 0.29) is 0 Å². The van der Waals surface area contributed by atoms with Gasteiger partial charge in [-0.3, -0.25) is 4.79 Å². The molecule has 0 unspecified atom stereocenters. The van der Waals surface area contributed by atoms with Crippen LogP contribution in [0.3, 0.4) is 0 Å². The van der Waals surface area contributed by atoms with Gasteiger partial charge in [0.1, 0.15) is 4.88 Å². The smallest absolute Gasteiger partial charge is 0.349 e. The zero-order valence-corrected chi connectivity index (χ0v) is 15.1. The highest BCUT2D eigenvalue weighted by Crippen LogP contribution is 2.31. The van der Waals surface area contributed by atoms with E-state index in [1.165, 1.54) is 18.3 Å². The number of aryl methyl sites for hydroxylation is 1. The van der Waals surface area contributed by atoms with Gasteiger partial charge < -0.3 is 10.1 Å². The molecule has 1 N–H and O–H groups in total. The number of nitrogens with one attached hydrogen (secondary N) is 1. The van der Waals surface area contributed by atoms with Crippen molar-refractivity contribution < 1.29 is 27.5 Å². The molecule has 140 valence electrons. The molecule has 1 heterocycles. The molecule has 0 fully saturated rings. The molecule has 1 atom stereocenters. The molecule has 0 bridgehead atoms. The van der Waals surface area contributed by atoms with Gasteiger partial charge in [-0.1, -0.05) is 18.2 Å². The third-order valence-corrected chi connectivity index (χ3v) is 5.23. The number of hydrogen-bond donors (Lipinski definition) is 1. The maximum absolute atomic E-state index is 13.6. The Hall–Kier alpha value is -2.87. The number of amides is 1. The molecule has 0 spiro atoms. The van der Waals surface area contributed by atoms with Crippen LogP contribution in [0.1, 0.15) is 22.2 Å². The summed E-state index contributed by atoms with van der Waals surface area (Å²) in [6.45, 7) is 3.07. The molecular formula is C19H14F3NO3S. The van der Waals surface area contributed by atoms with Gasteiger partial charge in [-0.15, -0.1) is 11.3 Å². The predicted octanol–water partition coefficient (Wildman–Crippen LogP) is 4.81. The fraction of sp³-hybridized carbons (Fsp3) is 0.158. The van der Waals surface area contributed by atoms with Crippen LogP contribution in [0, 0.1) is 24.4 Å². The van der Waals surface area contributed by atoms with Crippen LogP contribution >= 0.6 is 11.3 Å². The van der Waals surface area contributed by atoms with Crippen molar-refractivity contribution in [3.8, 4) is 0 Å². The van der Waals surface area contributed by atoms with Crippen LogP contribution in [0.15, 0.2) is 36.4 Å². The van der Waals surface area contributed by atoms with E-state index in [1.54, 1.807) is 6.92 Å². The number of ether oxygens (including phenoxy) is 1. The molecule has 8 heteroatoms. The lowest BCUT2D eigenvalue weighted by Crippen LogP contribution is -2.30. The number of fused-ring (bicyclic) bond motifs is 1. The molecule has 0 saturated carbocycles. The Morgan fingerprint density at radius 1 is 1.07 bits per heavy atom. The summed E-state index contributed by atoms with van der Waals surface area (Å²) in [6, 6.07) is 9.01. The van der Waals surface area contributed by atoms with E-state index in [0.717, 1.165) is 21.7 Å². The molecule has 0 saturated heterocycles. The van der Waals surface area contributed by atoms with E-state index in [0.29, 0.717) is 10.9 Å². The van der Waals surface area contributed by atoms with Gasteiger partial charge in [0.05, 0.1) is 5.69 Å². The van der Waals surface area contributed by atoms with Crippen molar-refractivity contribution in [2.24, 2.45) is 0 Å². The lowest BCUT2D eigenvalue weighted by molar-refractivity contribution is -0.123. The number of benzene rings is 2. The highest BCUT2D eigenvalue weighted by atomic mass is 32.1. The minimum Gasteiger partial charge on any atom is -0.448 e. The Labute approximate surface area is 156 Å². The van der Waals surface area contributed by atoms with Crippen molar-refractivity contribution in [2.75, 3.05) is 5.32 Å². The Bertz CT molecular complexity index is 1050. The van der Waals surface area contributed by atoms with Gasteiger partial charge in [-0.05, 0) is 43.0 Å². The Morgan fingerprint density at radius 3 is 2.48 bits per heavy atom. The highest BCUT2D eigenvalue weighted by Gasteiger charge is 2.24. The predicted molar refractivity (Wildman–Crippen MR) is 96.4 cm³/mol. The standard InChI is InChI=1S/C19H14F3NO3S/c1-9-11-5-3-4-6-14(11)27-17(9)19(25)26-10(2)18(24)23-13-8-7-12(20)15(21)16(13)22/h3-8,10H,1-2H3,(H,23,24)/t10-/m0/s1. The molecule has 27 heavy (non-hydrogen) atoms. The summed E-state index contributed by atoms with van der Waals surface area (Å²) in [7, 11) is 0. The van der Waals surface area contributed by atoms with Crippen LogP contribution in [0.4, 0.5) is 18.9 Å². The quantitative estimate of drug-likeness (QED) is 0.511. The van der Waals surface area contributed by atoms with Crippen molar-refractivity contribution in [1.29, 1.82) is 0 Å². The molecule has 0 radical (unpaired) electrons. The molecule has 3 rings (SSSR count). The molecule has 1 amide bonds. The fourth-order valence-electron chi connectivity index (χ4n) is 2.49. The molecule has 0 aliphatic rings. The van der Waals surface area contributed by atoms with E-state index in [4.69, 9.17) is 4.74 Å². The average Bonchev–Trinajstić information content (AvgIpc) is 2.99. The van der Waals surface area contributed by atoms with Crippen LogP contribution in [0.25, 0.3) is 10.1 Å². The Balaban J connectivity index is 1.73. The average molecular weight is 393 g/mol. The first kappa shape index (κ1) is 18.9. The van der Waals surface area contributed by atoms with Crippen molar-refractivity contribution >= 4 is 39.0 Å². The van der Waals surface area contributed by atoms with Crippen LogP contribution in [0.5, 0.6) is 0 Å². The maximum atomic E-state index is 13.6. The monoisotopic (exact) mass is 393 g/mol. The molecule has 2 aromatic carbocycles. The van der Waals surface area contributed by atoms with Crippen molar-refractivity contribution in [3.63, 3.8) is 0 Å². The van der Waals surface area contributed by atoms with Gasteiger partial charge in [-0.25, -0.2) is 18.0 Å². The second-order valence-electron chi connectivity index (χ2n) is 5.81. The van der Waals surface area contributed by atoms with Crippen LogP contribution in [0.2, 0.25) is 0 Å². The number of anilines is 1. The summed E-state index contributed by atoms with van der Waals surface area (Å²) < 4.78 is 45.9. The third-order valence-electron chi connectivity index (χ3n) is 3.98. The summed E-state index contributed by atoms with van der Waals surface area (Å²) >= 11 is 1.24. The van der Waals surface area contributed by atoms with Gasteiger partial charge in [-0.2, -0.15) is 0 Å². The number of thiophene rings is 1. The van der Waals surface area contributed by atoms with E-state index < -0.39 is 41.1 Å². The van der Waals surface area contributed by atoms with Crippen molar-refractivity contribution in [2.45, 2.75) is 20.0 Å². The van der Waals surface area contributed by atoms with Crippen molar-refractivity contribution in [1.82, 2.24) is 0 Å². The highest BCUT2D eigenvalue weighted by molar-refractivity contribution is 7.21. The molecule has 4 nitrogen and oxygen atoms in total. The number of carbonyl (C=O) groups is 2. The largest absolute Gasteiger partial charge is 0.448 e. The third kappa shape index (κ3) is 3.66.